The van der Waals surface area contributed by atoms with E-state index >= 15 is 0 Å². The molecule has 0 saturated carbocycles. The summed E-state index contributed by atoms with van der Waals surface area (Å²) in [6.07, 6.45) is 0. The Kier molecular flexibility index (Phi) is 26.2. The van der Waals surface area contributed by atoms with E-state index in [0.29, 0.717) is 0 Å². The highest BCUT2D eigenvalue weighted by atomic mass is 127. The molecular weight excluding hydrogens is 169 g/mol. The monoisotopic (exact) mass is 171 g/mol. The van der Waals surface area contributed by atoms with E-state index in [1.165, 1.54) is 0 Å². The Morgan fingerprint density at radius 2 is 1.75 bits per heavy atom. The minimum atomic E-state index is 0. The standard InChI is InChI=1S/HI.HN3/c;1-3-2/h1H;1H. The zero-order valence-corrected chi connectivity index (χ0v) is 4.13. The Morgan fingerprint density at radius 1 is 1.75 bits per heavy atom. The lowest BCUT2D eigenvalue weighted by Gasteiger charge is -1.03. The highest BCUT2D eigenvalue weighted by molar-refractivity contribution is 14.0. The molecule has 24 valence electrons. The molecule has 0 aliphatic heterocycles. The molecule has 0 fully saturated rings. The predicted octanol–water partition coefficient (Wildman–Crippen LogP) is 1.49. The van der Waals surface area contributed by atoms with Crippen molar-refractivity contribution in [1.82, 2.24) is 0 Å². The maximum absolute atomic E-state index is 6.86. The second-order valence-electron chi connectivity index (χ2n) is 0.100. The van der Waals surface area contributed by atoms with Crippen LogP contribution in [0, 0.1) is 5.53 Å². The lowest BCUT2D eigenvalue weighted by Crippen LogP contribution is -0.769. The van der Waals surface area contributed by atoms with E-state index in [9.17, 15) is 0 Å². The average molecular weight is 171 g/mol. The number of halogens is 1. The molecule has 0 atom stereocenters. The van der Waals surface area contributed by atoms with Gasteiger partial charge in [0.2, 0.25) is 0 Å². The topological polar surface area (TPSA) is 60.3 Å². The van der Waals surface area contributed by atoms with Crippen LogP contribution in [0.2, 0.25) is 0 Å². The Hall–Kier alpha value is 0.0400. The van der Waals surface area contributed by atoms with Gasteiger partial charge >= 0.3 is 0 Å². The second-order valence-corrected chi connectivity index (χ2v) is 0.100. The highest BCUT2D eigenvalue weighted by Gasteiger charge is 0.973. The lowest BCUT2D eigenvalue weighted by molar-refractivity contribution is 1.45. The summed E-state index contributed by atoms with van der Waals surface area (Å²) in [7, 11) is 0. The number of nitrogens with one attached hydrogen (secondary N) is 1. The van der Waals surface area contributed by atoms with E-state index in [1.54, 1.807) is 4.91 Å². The van der Waals surface area contributed by atoms with E-state index in [1.807, 2.05) is 0 Å². The summed E-state index contributed by atoms with van der Waals surface area (Å²) < 4.78 is 0. The fourth-order valence-electron chi connectivity index (χ4n) is 0. The highest BCUT2D eigenvalue weighted by Crippen LogP contribution is 1.24. The molecule has 0 amide bonds. The first-order valence-electron chi connectivity index (χ1n) is 0.424. The molecule has 0 aliphatic rings. The van der Waals surface area contributed by atoms with E-state index in [0.717, 1.165) is 0 Å². The first kappa shape index (κ1) is 8.97. The second kappa shape index (κ2) is 11.7. The Labute approximate surface area is 40.4 Å². The molecule has 3 nitrogen and oxygen atoms in total. The van der Waals surface area contributed by atoms with Gasteiger partial charge in [-0.2, -0.15) is 0 Å². The minimum absolute atomic E-state index is 0. The molecule has 0 heterocycles. The molecule has 4 heteroatoms. The van der Waals surface area contributed by atoms with Crippen molar-refractivity contribution in [3.05, 3.63) is 10.4 Å². The first-order chi connectivity index (χ1) is 1.41. The van der Waals surface area contributed by atoms with Gasteiger partial charge in [-0.25, -0.2) is 0 Å². The summed E-state index contributed by atoms with van der Waals surface area (Å²) in [6.45, 7) is 0. The predicted molar refractivity (Wildman–Crippen MR) is 24.9 cm³/mol. The summed E-state index contributed by atoms with van der Waals surface area (Å²) in [5.74, 6) is 0. The molecule has 0 saturated heterocycles. The Balaban J connectivity index is 0. The van der Waals surface area contributed by atoms with Crippen molar-refractivity contribution in [2.24, 2.45) is 0 Å². The third-order valence-corrected chi connectivity index (χ3v) is 0. The molecule has 0 spiro atoms. The molecule has 0 bridgehead atoms. The van der Waals surface area contributed by atoms with Crippen LogP contribution in [0.4, 0.5) is 0 Å². The minimum Gasteiger partial charge on any atom is -0.108 e. The van der Waals surface area contributed by atoms with E-state index in [2.05, 4.69) is 0 Å². The smallest absolute Gasteiger partial charge is 0.00208 e. The van der Waals surface area contributed by atoms with Gasteiger partial charge in [0.15, 0.2) is 0 Å². The zero-order valence-electron chi connectivity index (χ0n) is 1.80. The van der Waals surface area contributed by atoms with Crippen molar-refractivity contribution >= 4 is 24.0 Å². The molecular formula is H2IN3. The Morgan fingerprint density at radius 3 is 1.75 bits per heavy atom. The number of hydrogen-bond donors (Lipinski definition) is 1. The summed E-state index contributed by atoms with van der Waals surface area (Å²) in [6, 6.07) is 0. The molecule has 0 aromatic rings. The maximum atomic E-state index is 6.86. The third kappa shape index (κ3) is 1380. The van der Waals surface area contributed by atoms with Crippen molar-refractivity contribution in [1.29, 1.82) is 5.53 Å². The number of hydrogen-bond acceptors (Lipinski definition) is 1. The first-order valence-corrected chi connectivity index (χ1v) is 0.424. The van der Waals surface area contributed by atoms with Crippen molar-refractivity contribution in [2.75, 3.05) is 0 Å². The van der Waals surface area contributed by atoms with Gasteiger partial charge in [0.1, 0.15) is 0 Å². The molecule has 0 aromatic heterocycles. The van der Waals surface area contributed by atoms with Crippen LogP contribution >= 0.6 is 24.0 Å². The van der Waals surface area contributed by atoms with Gasteiger partial charge in [-0.05, 0) is 10.4 Å². The van der Waals surface area contributed by atoms with Gasteiger partial charge in [0, 0.05) is 0 Å². The molecule has 0 aromatic carbocycles. The molecule has 0 radical (unpaired) electrons. The van der Waals surface area contributed by atoms with Crippen LogP contribution in [0.3, 0.4) is 0 Å². The normalized spacial score (nSPS) is 2.00. The van der Waals surface area contributed by atoms with Gasteiger partial charge in [-0.1, -0.05) is 0 Å². The largest absolute Gasteiger partial charge is 0.108 e. The van der Waals surface area contributed by atoms with Crippen LogP contribution in [-0.4, -0.2) is 0 Å². The van der Waals surface area contributed by atoms with Crippen LogP contribution in [0.15, 0.2) is 0 Å². The molecule has 4 heavy (non-hydrogen) atoms. The van der Waals surface area contributed by atoms with E-state index in [4.69, 9.17) is 11.1 Å². The lowest BCUT2D eigenvalue weighted by atomic mass is 13.0. The van der Waals surface area contributed by atoms with E-state index < -0.39 is 0 Å². The molecule has 0 aliphatic carbocycles. The van der Waals surface area contributed by atoms with E-state index in [-0.39, 0.29) is 24.0 Å². The van der Waals surface area contributed by atoms with Crippen molar-refractivity contribution in [3.8, 4) is 0 Å². The van der Waals surface area contributed by atoms with Crippen LogP contribution in [0.5, 0.6) is 0 Å². The average Bonchev–Trinajstić information content (AvgIpc) is 0.918. The third-order valence-electron chi connectivity index (χ3n) is 0. The van der Waals surface area contributed by atoms with Crippen LogP contribution < -0.4 is 0 Å². The van der Waals surface area contributed by atoms with Gasteiger partial charge < -0.3 is 0 Å². The summed E-state index contributed by atoms with van der Waals surface area (Å²) in [5.41, 5.74) is 12.2. The van der Waals surface area contributed by atoms with Gasteiger partial charge in [-0.15, -0.1) is 29.5 Å². The van der Waals surface area contributed by atoms with Gasteiger partial charge in [0.25, 0.3) is 0 Å². The molecule has 0 rings (SSSR count). The SMILES string of the molecule is I.[N-]=[N+]=N. The summed E-state index contributed by atoms with van der Waals surface area (Å²) in [4.78, 5) is 1.75. The fraction of sp³-hybridized carbons (Fsp3) is 0. The van der Waals surface area contributed by atoms with Crippen molar-refractivity contribution < 1.29 is 0 Å². The van der Waals surface area contributed by atoms with Crippen molar-refractivity contribution in [2.45, 2.75) is 0 Å². The van der Waals surface area contributed by atoms with Crippen LogP contribution in [-0.2, 0) is 0 Å². The van der Waals surface area contributed by atoms with Crippen LogP contribution in [0.25, 0.3) is 10.4 Å². The molecule has 1 N–H and O–H groups in total. The summed E-state index contributed by atoms with van der Waals surface area (Å²) >= 11 is 0. The van der Waals surface area contributed by atoms with Gasteiger partial charge in [-0.3, -0.25) is 0 Å². The number of rotatable bonds is 0. The van der Waals surface area contributed by atoms with Crippen LogP contribution in [0.1, 0.15) is 0 Å². The maximum Gasteiger partial charge on any atom is -0.00208 e. The van der Waals surface area contributed by atoms with Gasteiger partial charge in [0.05, 0.1) is 0 Å². The zero-order chi connectivity index (χ0) is 2.71. The quantitative estimate of drug-likeness (QED) is 0.248. The summed E-state index contributed by atoms with van der Waals surface area (Å²) in [5, 5.41) is 0. The number of nitrogens with zero attached hydrogens (tertiary/aromatic N) is 2. The van der Waals surface area contributed by atoms with Crippen molar-refractivity contribution in [3.63, 3.8) is 0 Å². The Bertz CT molecular complexity index is 24.3. The molecule has 0 unspecified atom stereocenters. The fourth-order valence-corrected chi connectivity index (χ4v) is 0.